The number of likely N-dealkylation sites (tertiary alicyclic amines) is 1. The molecule has 0 atom stereocenters. The van der Waals surface area contributed by atoms with Crippen molar-refractivity contribution in [3.63, 3.8) is 0 Å². The van der Waals surface area contributed by atoms with Crippen LogP contribution in [-0.2, 0) is 4.79 Å². The minimum absolute atomic E-state index is 0.00645. The molecular formula is C23H21NO5S. The standard InChI is InChI=1S/C23H21NO5S/c25-20(26)14-29-16-9-7-15(8-10-16)13-19-21(27)17-5-4-6-18(22(17)30-19)23(28)24-11-2-1-3-12-24/h4-10,13H,1-3,11-12,14H2,(H,25,26)/b19-13-. The van der Waals surface area contributed by atoms with Crippen molar-refractivity contribution in [3.8, 4) is 5.75 Å². The number of aliphatic carboxylic acids is 1. The number of allylic oxidation sites excluding steroid dienone is 1. The summed E-state index contributed by atoms with van der Waals surface area (Å²) in [5.74, 6) is -0.688. The highest BCUT2D eigenvalue weighted by Crippen LogP contribution is 2.43. The molecule has 7 heteroatoms. The third kappa shape index (κ3) is 4.26. The number of carbonyl (C=O) groups is 3. The molecule has 1 fully saturated rings. The first-order valence-corrected chi connectivity index (χ1v) is 10.7. The van der Waals surface area contributed by atoms with Gasteiger partial charge in [0.1, 0.15) is 5.75 Å². The van der Waals surface area contributed by atoms with Crippen LogP contribution < -0.4 is 4.74 Å². The average Bonchev–Trinajstić information content (AvgIpc) is 3.09. The van der Waals surface area contributed by atoms with Gasteiger partial charge in [-0.2, -0.15) is 0 Å². The molecule has 1 saturated heterocycles. The molecule has 2 aromatic rings. The Bertz CT molecular complexity index is 1020. The lowest BCUT2D eigenvalue weighted by Crippen LogP contribution is -2.35. The summed E-state index contributed by atoms with van der Waals surface area (Å²) in [6.07, 6.45) is 4.97. The highest BCUT2D eigenvalue weighted by atomic mass is 32.2. The van der Waals surface area contributed by atoms with E-state index in [4.69, 9.17) is 9.84 Å². The number of ether oxygens (including phenoxy) is 1. The van der Waals surface area contributed by atoms with Crippen molar-refractivity contribution in [2.45, 2.75) is 24.2 Å². The van der Waals surface area contributed by atoms with E-state index in [1.807, 2.05) is 4.90 Å². The fraction of sp³-hybridized carbons (Fsp3) is 0.261. The summed E-state index contributed by atoms with van der Waals surface area (Å²) in [7, 11) is 0. The number of ketones is 1. The summed E-state index contributed by atoms with van der Waals surface area (Å²) in [5.41, 5.74) is 1.95. The number of benzene rings is 2. The van der Waals surface area contributed by atoms with Crippen molar-refractivity contribution < 1.29 is 24.2 Å². The molecule has 0 unspecified atom stereocenters. The summed E-state index contributed by atoms with van der Waals surface area (Å²) in [6.45, 7) is 1.12. The van der Waals surface area contributed by atoms with Crippen LogP contribution in [0.4, 0.5) is 0 Å². The first-order chi connectivity index (χ1) is 14.5. The number of hydrogen-bond donors (Lipinski definition) is 1. The summed E-state index contributed by atoms with van der Waals surface area (Å²) >= 11 is 1.33. The van der Waals surface area contributed by atoms with E-state index >= 15 is 0 Å². The van der Waals surface area contributed by atoms with Gasteiger partial charge in [0, 0.05) is 23.5 Å². The molecule has 1 N–H and O–H groups in total. The fourth-order valence-corrected chi connectivity index (χ4v) is 4.76. The molecule has 0 saturated carbocycles. The van der Waals surface area contributed by atoms with Crippen molar-refractivity contribution >= 4 is 35.5 Å². The molecular weight excluding hydrogens is 402 g/mol. The van der Waals surface area contributed by atoms with Gasteiger partial charge in [-0.1, -0.05) is 30.0 Å². The zero-order valence-electron chi connectivity index (χ0n) is 16.3. The van der Waals surface area contributed by atoms with Crippen LogP contribution in [0.2, 0.25) is 0 Å². The maximum absolute atomic E-state index is 13.0. The molecule has 0 aromatic heterocycles. The van der Waals surface area contributed by atoms with Gasteiger partial charge in [-0.15, -0.1) is 0 Å². The summed E-state index contributed by atoms with van der Waals surface area (Å²) < 4.78 is 5.13. The Morgan fingerprint density at radius 2 is 1.80 bits per heavy atom. The lowest BCUT2D eigenvalue weighted by molar-refractivity contribution is -0.139. The van der Waals surface area contributed by atoms with Crippen LogP contribution in [0, 0.1) is 0 Å². The van der Waals surface area contributed by atoms with Crippen molar-refractivity contribution in [1.82, 2.24) is 4.90 Å². The Morgan fingerprint density at radius 3 is 2.50 bits per heavy atom. The Balaban J connectivity index is 1.54. The van der Waals surface area contributed by atoms with Crippen molar-refractivity contribution in [2.75, 3.05) is 19.7 Å². The molecule has 2 aliphatic rings. The Hall–Kier alpha value is -3.06. The monoisotopic (exact) mass is 423 g/mol. The van der Waals surface area contributed by atoms with Crippen molar-refractivity contribution in [1.29, 1.82) is 0 Å². The van der Waals surface area contributed by atoms with Gasteiger partial charge in [0.25, 0.3) is 5.91 Å². The van der Waals surface area contributed by atoms with E-state index < -0.39 is 12.6 Å². The number of carboxylic acids is 1. The molecule has 2 aromatic carbocycles. The fourth-order valence-electron chi connectivity index (χ4n) is 3.60. The predicted molar refractivity (Wildman–Crippen MR) is 114 cm³/mol. The highest BCUT2D eigenvalue weighted by molar-refractivity contribution is 8.05. The number of thioether (sulfide) groups is 1. The van der Waals surface area contributed by atoms with E-state index in [1.165, 1.54) is 11.8 Å². The first-order valence-electron chi connectivity index (χ1n) is 9.84. The number of carboxylic acid groups (broad SMARTS) is 1. The number of fused-ring (bicyclic) bond motifs is 1. The number of carbonyl (C=O) groups excluding carboxylic acids is 2. The number of amides is 1. The maximum atomic E-state index is 13.0. The molecule has 4 rings (SSSR count). The quantitative estimate of drug-likeness (QED) is 0.729. The maximum Gasteiger partial charge on any atom is 0.341 e. The summed E-state index contributed by atoms with van der Waals surface area (Å²) in [4.78, 5) is 39.6. The largest absolute Gasteiger partial charge is 0.482 e. The molecule has 2 aliphatic heterocycles. The Kier molecular flexibility index (Phi) is 5.90. The second-order valence-electron chi connectivity index (χ2n) is 7.23. The number of piperidine rings is 1. The second-order valence-corrected chi connectivity index (χ2v) is 8.28. The zero-order chi connectivity index (χ0) is 21.1. The van der Waals surface area contributed by atoms with Crippen LogP contribution in [0.1, 0.15) is 45.5 Å². The number of rotatable bonds is 5. The van der Waals surface area contributed by atoms with Gasteiger partial charge in [-0.3, -0.25) is 9.59 Å². The highest BCUT2D eigenvalue weighted by Gasteiger charge is 2.31. The Labute approximate surface area is 178 Å². The van der Waals surface area contributed by atoms with E-state index in [0.29, 0.717) is 21.8 Å². The van der Waals surface area contributed by atoms with Crippen LogP contribution >= 0.6 is 11.8 Å². The van der Waals surface area contributed by atoms with Crippen molar-refractivity contribution in [3.05, 3.63) is 64.1 Å². The molecule has 30 heavy (non-hydrogen) atoms. The van der Waals surface area contributed by atoms with E-state index in [0.717, 1.165) is 42.8 Å². The smallest absolute Gasteiger partial charge is 0.341 e. The molecule has 6 nitrogen and oxygen atoms in total. The minimum atomic E-state index is -1.04. The van der Waals surface area contributed by atoms with Gasteiger partial charge < -0.3 is 14.7 Å². The lowest BCUT2D eigenvalue weighted by atomic mass is 10.0. The number of hydrogen-bond acceptors (Lipinski definition) is 5. The van der Waals surface area contributed by atoms with Gasteiger partial charge >= 0.3 is 5.97 Å². The third-order valence-corrected chi connectivity index (χ3v) is 6.28. The molecule has 1 amide bonds. The molecule has 0 spiro atoms. The first kappa shape index (κ1) is 20.2. The van der Waals surface area contributed by atoms with Crippen LogP contribution in [0.25, 0.3) is 6.08 Å². The van der Waals surface area contributed by atoms with Gasteiger partial charge in [-0.25, -0.2) is 4.79 Å². The SMILES string of the molecule is O=C(O)COc1ccc(/C=C2\Sc3c(cccc3C(=O)N3CCCCC3)C2=O)cc1. The van der Waals surface area contributed by atoms with Crippen LogP contribution in [-0.4, -0.2) is 47.4 Å². The molecule has 0 aliphatic carbocycles. The van der Waals surface area contributed by atoms with Crippen LogP contribution in [0.3, 0.4) is 0 Å². The molecule has 2 heterocycles. The second kappa shape index (κ2) is 8.75. The predicted octanol–water partition coefficient (Wildman–Crippen LogP) is 4.11. The van der Waals surface area contributed by atoms with Crippen LogP contribution in [0.15, 0.2) is 52.3 Å². The van der Waals surface area contributed by atoms with E-state index in [9.17, 15) is 14.4 Å². The van der Waals surface area contributed by atoms with Gasteiger partial charge in [0.05, 0.1) is 10.5 Å². The Morgan fingerprint density at radius 1 is 1.07 bits per heavy atom. The van der Waals surface area contributed by atoms with Gasteiger partial charge in [0.15, 0.2) is 6.61 Å². The summed E-state index contributed by atoms with van der Waals surface area (Å²) in [5, 5.41) is 8.68. The molecule has 0 radical (unpaired) electrons. The topological polar surface area (TPSA) is 83.9 Å². The molecule has 0 bridgehead atoms. The third-order valence-electron chi connectivity index (χ3n) is 5.11. The lowest BCUT2D eigenvalue weighted by Gasteiger charge is -2.27. The van der Waals surface area contributed by atoms with E-state index in [2.05, 4.69) is 0 Å². The summed E-state index contributed by atoms with van der Waals surface area (Å²) in [6, 6.07) is 12.2. The van der Waals surface area contributed by atoms with Crippen molar-refractivity contribution in [2.24, 2.45) is 0 Å². The number of Topliss-reactive ketones (excluding diaryl/α,β-unsaturated/α-hetero) is 1. The van der Waals surface area contributed by atoms with Gasteiger partial charge in [0.2, 0.25) is 5.78 Å². The van der Waals surface area contributed by atoms with E-state index in [-0.39, 0.29) is 11.7 Å². The van der Waals surface area contributed by atoms with Gasteiger partial charge in [-0.05, 0) is 55.2 Å². The molecule has 154 valence electrons. The normalized spacial score (nSPS) is 17.1. The number of nitrogens with zero attached hydrogens (tertiary/aromatic N) is 1. The zero-order valence-corrected chi connectivity index (χ0v) is 17.1. The van der Waals surface area contributed by atoms with Crippen LogP contribution in [0.5, 0.6) is 5.75 Å². The average molecular weight is 423 g/mol. The van der Waals surface area contributed by atoms with E-state index in [1.54, 1.807) is 48.5 Å². The minimum Gasteiger partial charge on any atom is -0.482 e.